The standard InChI is InChI=1S/C38H51N9O9S3/c1-38(2,3)27-18-41-30(56-27)22-57-31-19-43-37(59-31)45-33(50)23-6-10-46(11-7-23)21-29(49)39-8-12-54-14-15-55-13-9-40-36(53)42-17-25-16-24-20-47(35(52)32(24)58-25)26-4-5-28(48)44-34(26)51/h16,18-19,23,26H,4-15,17,20-22H2,1-3H3,(H,39,49)(H2,40,42,53)(H,43,45,50)(H,44,48,51). The number of piperidine rings is 2. The van der Waals surface area contributed by atoms with Crippen LogP contribution in [0.2, 0.25) is 0 Å². The molecule has 0 bridgehead atoms. The Balaban J connectivity index is 0.736. The first-order chi connectivity index (χ1) is 28.3. The molecule has 2 fully saturated rings. The fourth-order valence-electron chi connectivity index (χ4n) is 6.60. The highest BCUT2D eigenvalue weighted by molar-refractivity contribution is 8.00. The molecule has 1 unspecified atom stereocenters. The van der Waals surface area contributed by atoms with Crippen molar-refractivity contribution in [1.82, 2.24) is 41.0 Å². The highest BCUT2D eigenvalue weighted by atomic mass is 32.2. The number of imide groups is 1. The predicted molar refractivity (Wildman–Crippen MR) is 220 cm³/mol. The summed E-state index contributed by atoms with van der Waals surface area (Å²) >= 11 is 4.27. The number of anilines is 1. The number of aromatic nitrogens is 2. The number of nitrogens with zero attached hydrogens (tertiary/aromatic N) is 4. The number of likely N-dealkylation sites (tertiary alicyclic amines) is 1. The Labute approximate surface area is 354 Å². The zero-order chi connectivity index (χ0) is 41.9. The number of thiazole rings is 1. The van der Waals surface area contributed by atoms with Crippen LogP contribution in [-0.4, -0.2) is 121 Å². The van der Waals surface area contributed by atoms with Gasteiger partial charge in [-0.15, -0.1) is 23.1 Å². The van der Waals surface area contributed by atoms with Crippen molar-refractivity contribution >= 4 is 75.1 Å². The molecule has 3 aromatic heterocycles. The first kappa shape index (κ1) is 44.2. The number of hydrogen-bond donors (Lipinski definition) is 5. The van der Waals surface area contributed by atoms with Gasteiger partial charge in [0.05, 0.1) is 66.7 Å². The first-order valence-corrected chi connectivity index (χ1v) is 22.2. The Morgan fingerprint density at radius 1 is 0.966 bits per heavy atom. The van der Waals surface area contributed by atoms with Crippen LogP contribution in [0.5, 0.6) is 0 Å². The van der Waals surface area contributed by atoms with Crippen molar-refractivity contribution in [2.75, 3.05) is 64.5 Å². The lowest BCUT2D eigenvalue weighted by Crippen LogP contribution is -2.52. The fourth-order valence-corrected chi connectivity index (χ4v) is 9.40. The van der Waals surface area contributed by atoms with Gasteiger partial charge < -0.3 is 40.1 Å². The van der Waals surface area contributed by atoms with Gasteiger partial charge in [0.15, 0.2) is 5.13 Å². The number of carbonyl (C=O) groups is 6. The van der Waals surface area contributed by atoms with Gasteiger partial charge in [0.25, 0.3) is 5.91 Å². The highest BCUT2D eigenvalue weighted by Gasteiger charge is 2.40. The highest BCUT2D eigenvalue weighted by Crippen LogP contribution is 2.34. The number of fused-ring (bicyclic) bond motifs is 1. The number of hydrogen-bond acceptors (Lipinski definition) is 15. The maximum absolute atomic E-state index is 12.9. The molecule has 6 heterocycles. The summed E-state index contributed by atoms with van der Waals surface area (Å²) in [6, 6.07) is 0.838. The third kappa shape index (κ3) is 12.8. The minimum atomic E-state index is -0.652. The summed E-state index contributed by atoms with van der Waals surface area (Å²) in [6.45, 7) is 10.3. The number of nitrogens with one attached hydrogen (secondary N) is 5. The summed E-state index contributed by atoms with van der Waals surface area (Å²) in [5, 5.41) is 14.2. The molecule has 1 atom stereocenters. The van der Waals surface area contributed by atoms with Crippen LogP contribution in [0, 0.1) is 5.92 Å². The Hall–Kier alpha value is -4.41. The molecule has 18 nitrogen and oxygen atoms in total. The van der Waals surface area contributed by atoms with Gasteiger partial charge in [-0.05, 0) is 44.0 Å². The predicted octanol–water partition coefficient (Wildman–Crippen LogP) is 2.84. The van der Waals surface area contributed by atoms with Crippen molar-refractivity contribution in [2.45, 2.75) is 81.0 Å². The molecule has 0 aliphatic carbocycles. The Morgan fingerprint density at radius 2 is 1.71 bits per heavy atom. The van der Waals surface area contributed by atoms with Crippen molar-refractivity contribution in [3.63, 3.8) is 0 Å². The van der Waals surface area contributed by atoms with E-state index in [2.05, 4.69) is 57.3 Å². The van der Waals surface area contributed by atoms with Gasteiger partial charge >= 0.3 is 6.03 Å². The smallest absolute Gasteiger partial charge is 0.315 e. The van der Waals surface area contributed by atoms with E-state index in [0.717, 1.165) is 20.4 Å². The number of thiophene rings is 1. The number of urea groups is 1. The number of ether oxygens (including phenoxy) is 2. The maximum Gasteiger partial charge on any atom is 0.315 e. The summed E-state index contributed by atoms with van der Waals surface area (Å²) in [5.41, 5.74) is 0.711. The normalized spacial score (nSPS) is 17.5. The largest absolute Gasteiger partial charge is 0.444 e. The van der Waals surface area contributed by atoms with E-state index in [4.69, 9.17) is 13.9 Å². The second-order valence-electron chi connectivity index (χ2n) is 15.3. The zero-order valence-electron chi connectivity index (χ0n) is 33.4. The summed E-state index contributed by atoms with van der Waals surface area (Å²) < 4.78 is 17.9. The topological polar surface area (TPSA) is 226 Å². The van der Waals surface area contributed by atoms with Crippen LogP contribution in [0.1, 0.15) is 78.2 Å². The summed E-state index contributed by atoms with van der Waals surface area (Å²) in [6.07, 6.45) is 5.35. The molecule has 21 heteroatoms. The van der Waals surface area contributed by atoms with E-state index in [0.29, 0.717) is 100 Å². The second-order valence-corrected chi connectivity index (χ2v) is 18.8. The number of rotatable bonds is 19. The Morgan fingerprint density at radius 3 is 2.41 bits per heavy atom. The van der Waals surface area contributed by atoms with Crippen molar-refractivity contribution in [3.8, 4) is 0 Å². The van der Waals surface area contributed by atoms with Crippen LogP contribution in [0.15, 0.2) is 27.1 Å². The molecule has 6 rings (SSSR count). The molecule has 0 radical (unpaired) electrons. The van der Waals surface area contributed by atoms with E-state index in [1.165, 1.54) is 27.6 Å². The molecule has 59 heavy (non-hydrogen) atoms. The van der Waals surface area contributed by atoms with Crippen LogP contribution >= 0.6 is 34.4 Å². The minimum Gasteiger partial charge on any atom is -0.444 e. The van der Waals surface area contributed by atoms with E-state index >= 15 is 0 Å². The minimum absolute atomic E-state index is 0.0526. The average molecular weight is 874 g/mol. The lowest BCUT2D eigenvalue weighted by molar-refractivity contribution is -0.137. The molecular weight excluding hydrogens is 823 g/mol. The van der Waals surface area contributed by atoms with Crippen LogP contribution in [0.4, 0.5) is 9.93 Å². The summed E-state index contributed by atoms with van der Waals surface area (Å²) in [5.74, 6) is 0.785. The van der Waals surface area contributed by atoms with Gasteiger partial charge in [-0.2, -0.15) is 0 Å². The SMILES string of the molecule is CC(C)(C)c1cnc(CSc2cnc(NC(=O)C3CCN(CC(=O)NCCOCCOCCNC(=O)NCc4cc5c(s4)C(=O)N(C4CCC(=O)NC4=O)C5)CC3)s2)o1. The molecule has 3 aliphatic heterocycles. The van der Waals surface area contributed by atoms with Crippen LogP contribution < -0.4 is 26.6 Å². The second kappa shape index (κ2) is 20.7. The van der Waals surface area contributed by atoms with E-state index < -0.39 is 11.9 Å². The molecule has 320 valence electrons. The third-order valence-electron chi connectivity index (χ3n) is 9.81. The molecule has 0 spiro atoms. The molecule has 3 aliphatic rings. The Bertz CT molecular complexity index is 1970. The number of thioether (sulfide) groups is 1. The molecule has 5 N–H and O–H groups in total. The number of carbonyl (C=O) groups excluding carboxylic acids is 6. The molecule has 0 saturated carbocycles. The van der Waals surface area contributed by atoms with Gasteiger partial charge in [-0.3, -0.25) is 34.2 Å². The van der Waals surface area contributed by atoms with E-state index in [-0.39, 0.29) is 60.5 Å². The van der Waals surface area contributed by atoms with Crippen molar-refractivity contribution in [2.24, 2.45) is 5.92 Å². The van der Waals surface area contributed by atoms with Crippen molar-refractivity contribution < 1.29 is 42.7 Å². The van der Waals surface area contributed by atoms with Gasteiger partial charge in [-0.1, -0.05) is 32.1 Å². The Kier molecular flexibility index (Phi) is 15.5. The lowest BCUT2D eigenvalue weighted by Gasteiger charge is -2.30. The van der Waals surface area contributed by atoms with Crippen LogP contribution in [0.25, 0.3) is 0 Å². The fraction of sp³-hybridized carbons (Fsp3) is 0.579. The third-order valence-corrected chi connectivity index (χ3v) is 13.1. The van der Waals surface area contributed by atoms with E-state index in [1.807, 2.05) is 11.0 Å². The van der Waals surface area contributed by atoms with Gasteiger partial charge in [0.2, 0.25) is 29.5 Å². The molecule has 0 aromatic carbocycles. The molecular formula is C38H51N9O9S3. The first-order valence-electron chi connectivity index (χ1n) is 19.6. The molecule has 2 saturated heterocycles. The molecule has 7 amide bonds. The lowest BCUT2D eigenvalue weighted by atomic mass is 9.94. The summed E-state index contributed by atoms with van der Waals surface area (Å²) in [4.78, 5) is 87.8. The van der Waals surface area contributed by atoms with Crippen LogP contribution in [-0.2, 0) is 52.9 Å². The van der Waals surface area contributed by atoms with E-state index in [1.54, 1.807) is 24.2 Å². The van der Waals surface area contributed by atoms with Crippen molar-refractivity contribution in [3.05, 3.63) is 45.4 Å². The van der Waals surface area contributed by atoms with Gasteiger partial charge in [-0.25, -0.2) is 14.8 Å². The van der Waals surface area contributed by atoms with Crippen LogP contribution in [0.3, 0.4) is 0 Å². The number of oxazole rings is 1. The maximum atomic E-state index is 12.9. The average Bonchev–Trinajstić information content (AvgIpc) is 4.00. The summed E-state index contributed by atoms with van der Waals surface area (Å²) in [7, 11) is 0. The monoisotopic (exact) mass is 873 g/mol. The van der Waals surface area contributed by atoms with E-state index in [9.17, 15) is 28.8 Å². The van der Waals surface area contributed by atoms with Crippen molar-refractivity contribution in [1.29, 1.82) is 0 Å². The number of amides is 7. The zero-order valence-corrected chi connectivity index (χ0v) is 35.8. The molecule has 3 aromatic rings. The van der Waals surface area contributed by atoms with Gasteiger partial charge in [0, 0.05) is 42.3 Å². The van der Waals surface area contributed by atoms with Gasteiger partial charge in [0.1, 0.15) is 11.8 Å². The quantitative estimate of drug-likeness (QED) is 0.0665.